The fourth-order valence-electron chi connectivity index (χ4n) is 3.68. The first-order valence-corrected chi connectivity index (χ1v) is 8.83. The number of hydrogen-bond donors (Lipinski definition) is 3. The largest absolute Gasteiger partial charge is 0.388 e. The van der Waals surface area contributed by atoms with Gasteiger partial charge in [0.2, 0.25) is 0 Å². The van der Waals surface area contributed by atoms with Gasteiger partial charge in [0.05, 0.1) is 19.3 Å². The minimum Gasteiger partial charge on any atom is -0.388 e. The normalized spacial score (nSPS) is 30.0. The summed E-state index contributed by atoms with van der Waals surface area (Å²) in [5.41, 5.74) is 2.51. The summed E-state index contributed by atoms with van der Waals surface area (Å²) in [6.45, 7) is 4.99. The number of amides is 1. The quantitative estimate of drug-likeness (QED) is 0.743. The van der Waals surface area contributed by atoms with Crippen LogP contribution in [0.5, 0.6) is 0 Å². The maximum absolute atomic E-state index is 13.1. The Morgan fingerprint density at radius 2 is 2.21 bits per heavy atom. The van der Waals surface area contributed by atoms with E-state index >= 15 is 0 Å². The molecule has 7 heteroatoms. The van der Waals surface area contributed by atoms with Crippen LogP contribution >= 0.6 is 0 Å². The van der Waals surface area contributed by atoms with Crippen LogP contribution in [0.25, 0.3) is 0 Å². The second kappa shape index (κ2) is 7.21. The second-order valence-electron chi connectivity index (χ2n) is 7.04. The molecule has 1 amide bonds. The zero-order chi connectivity index (χ0) is 17.3. The Hall–Kier alpha value is -1.44. The van der Waals surface area contributed by atoms with Gasteiger partial charge in [-0.15, -0.1) is 0 Å². The van der Waals surface area contributed by atoms with Gasteiger partial charge in [0.1, 0.15) is 12.2 Å². The molecule has 4 atom stereocenters. The lowest BCUT2D eigenvalue weighted by molar-refractivity contribution is -0.125. The van der Waals surface area contributed by atoms with Crippen LogP contribution in [-0.2, 0) is 17.6 Å². The van der Waals surface area contributed by atoms with Crippen molar-refractivity contribution < 1.29 is 19.7 Å². The van der Waals surface area contributed by atoms with Gasteiger partial charge < -0.3 is 19.8 Å². The van der Waals surface area contributed by atoms with Gasteiger partial charge >= 0.3 is 0 Å². The Morgan fingerprint density at radius 1 is 1.42 bits per heavy atom. The number of carbonyl (C=O) groups excluding carboxylic acids is 1. The number of aromatic nitrogens is 2. The standard InChI is InChI=1S/C17H27N3O4/c1-3-6-20(13-8-24-9-14(21)16(13)22)17(23)15-11-7-10(2)4-5-12(11)18-19-15/h10,13-14,16,21-22H,3-9H2,1-2H3,(H,18,19)/t10?,13-,14-,16+/m1/s1. The van der Waals surface area contributed by atoms with E-state index in [0.29, 0.717) is 18.2 Å². The summed E-state index contributed by atoms with van der Waals surface area (Å²) in [4.78, 5) is 14.7. The molecular weight excluding hydrogens is 310 g/mol. The van der Waals surface area contributed by atoms with Crippen LogP contribution in [0.1, 0.15) is 48.4 Å². The van der Waals surface area contributed by atoms with Crippen LogP contribution < -0.4 is 0 Å². The third-order valence-electron chi connectivity index (χ3n) is 5.09. The molecule has 0 spiro atoms. The lowest BCUT2D eigenvalue weighted by Crippen LogP contribution is -2.57. The molecule has 0 saturated carbocycles. The first kappa shape index (κ1) is 17.4. The third-order valence-corrected chi connectivity index (χ3v) is 5.09. The minimum absolute atomic E-state index is 0.0984. The summed E-state index contributed by atoms with van der Waals surface area (Å²) < 4.78 is 5.36. The molecule has 1 unspecified atom stereocenters. The Bertz CT molecular complexity index is 588. The van der Waals surface area contributed by atoms with Crippen molar-refractivity contribution in [3.05, 3.63) is 17.0 Å². The van der Waals surface area contributed by atoms with E-state index < -0.39 is 18.2 Å². The van der Waals surface area contributed by atoms with Crippen LogP contribution in [0.4, 0.5) is 0 Å². The fraction of sp³-hybridized carbons (Fsp3) is 0.765. The molecule has 3 N–H and O–H groups in total. The van der Waals surface area contributed by atoms with Gasteiger partial charge in [-0.3, -0.25) is 9.89 Å². The van der Waals surface area contributed by atoms with Crippen molar-refractivity contribution in [2.45, 2.75) is 57.8 Å². The number of hydrogen-bond acceptors (Lipinski definition) is 5. The summed E-state index contributed by atoms with van der Waals surface area (Å²) >= 11 is 0. The van der Waals surface area contributed by atoms with Crippen molar-refractivity contribution in [3.8, 4) is 0 Å². The number of H-pyrrole nitrogens is 1. The molecule has 1 aliphatic carbocycles. The average molecular weight is 337 g/mol. The van der Waals surface area contributed by atoms with Crippen LogP contribution in [0.15, 0.2) is 0 Å². The second-order valence-corrected chi connectivity index (χ2v) is 7.04. The van der Waals surface area contributed by atoms with E-state index in [9.17, 15) is 15.0 Å². The SMILES string of the molecule is CCCN(C(=O)c1n[nH]c2c1CC(C)CC2)[C@@H]1COC[C@@H](O)[C@H]1O. The van der Waals surface area contributed by atoms with Gasteiger partial charge in [-0.25, -0.2) is 0 Å². The number of rotatable bonds is 4. The highest BCUT2D eigenvalue weighted by Gasteiger charge is 2.39. The Balaban J connectivity index is 1.86. The van der Waals surface area contributed by atoms with Crippen LogP contribution in [0.2, 0.25) is 0 Å². The molecule has 2 heterocycles. The summed E-state index contributed by atoms with van der Waals surface area (Å²) in [6, 6.07) is -0.547. The number of aryl methyl sites for hydroxylation is 1. The number of aromatic amines is 1. The van der Waals surface area contributed by atoms with Gasteiger partial charge in [0, 0.05) is 17.8 Å². The van der Waals surface area contributed by atoms with E-state index in [0.717, 1.165) is 36.9 Å². The molecule has 0 bridgehead atoms. The first-order chi connectivity index (χ1) is 11.5. The molecule has 24 heavy (non-hydrogen) atoms. The molecule has 7 nitrogen and oxygen atoms in total. The van der Waals surface area contributed by atoms with Crippen molar-refractivity contribution in [2.75, 3.05) is 19.8 Å². The highest BCUT2D eigenvalue weighted by Crippen LogP contribution is 2.28. The van der Waals surface area contributed by atoms with Crippen LogP contribution in [0.3, 0.4) is 0 Å². The Kier molecular flexibility index (Phi) is 5.22. The number of carbonyl (C=O) groups is 1. The van der Waals surface area contributed by atoms with E-state index in [1.54, 1.807) is 4.90 Å². The van der Waals surface area contributed by atoms with E-state index in [4.69, 9.17) is 4.74 Å². The van der Waals surface area contributed by atoms with Crippen molar-refractivity contribution >= 4 is 5.91 Å². The molecule has 1 aromatic rings. The molecule has 2 aliphatic rings. The zero-order valence-electron chi connectivity index (χ0n) is 14.4. The van der Waals surface area contributed by atoms with Crippen molar-refractivity contribution in [2.24, 2.45) is 5.92 Å². The molecular formula is C17H27N3O4. The molecule has 0 radical (unpaired) electrons. The van der Waals surface area contributed by atoms with Crippen LogP contribution in [-0.4, -0.2) is 69.2 Å². The molecule has 134 valence electrons. The summed E-state index contributed by atoms with van der Waals surface area (Å²) in [5.74, 6) is 0.344. The molecule has 3 rings (SSSR count). The van der Waals surface area contributed by atoms with Gasteiger partial charge in [0.15, 0.2) is 5.69 Å². The van der Waals surface area contributed by atoms with E-state index in [2.05, 4.69) is 17.1 Å². The number of aliphatic hydroxyl groups is 2. The predicted octanol–water partition coefficient (Wildman–Crippen LogP) is 0.507. The van der Waals surface area contributed by atoms with Gasteiger partial charge in [0.25, 0.3) is 5.91 Å². The number of fused-ring (bicyclic) bond motifs is 1. The third kappa shape index (κ3) is 3.20. The van der Waals surface area contributed by atoms with Crippen LogP contribution in [0, 0.1) is 5.92 Å². The maximum atomic E-state index is 13.1. The Morgan fingerprint density at radius 3 is 2.96 bits per heavy atom. The van der Waals surface area contributed by atoms with E-state index in [1.807, 2.05) is 6.92 Å². The smallest absolute Gasteiger partial charge is 0.275 e. The minimum atomic E-state index is -0.997. The number of ether oxygens (including phenoxy) is 1. The molecule has 1 aliphatic heterocycles. The van der Waals surface area contributed by atoms with Crippen molar-refractivity contribution in [3.63, 3.8) is 0 Å². The average Bonchev–Trinajstić information content (AvgIpc) is 2.98. The number of aliphatic hydroxyl groups excluding tert-OH is 2. The van der Waals surface area contributed by atoms with Gasteiger partial charge in [-0.05, 0) is 31.6 Å². The lowest BCUT2D eigenvalue weighted by atomic mass is 9.87. The summed E-state index contributed by atoms with van der Waals surface area (Å²) in [5, 5.41) is 27.5. The number of nitrogens with one attached hydrogen (secondary N) is 1. The Labute approximate surface area is 142 Å². The molecule has 1 fully saturated rings. The van der Waals surface area contributed by atoms with Gasteiger partial charge in [-0.2, -0.15) is 5.10 Å². The first-order valence-electron chi connectivity index (χ1n) is 8.83. The summed E-state index contributed by atoms with van der Waals surface area (Å²) in [7, 11) is 0. The summed E-state index contributed by atoms with van der Waals surface area (Å²) in [6.07, 6.45) is 1.65. The molecule has 1 aromatic heterocycles. The monoisotopic (exact) mass is 337 g/mol. The van der Waals surface area contributed by atoms with E-state index in [-0.39, 0.29) is 19.1 Å². The number of nitrogens with zero attached hydrogens (tertiary/aromatic N) is 2. The topological polar surface area (TPSA) is 98.7 Å². The van der Waals surface area contributed by atoms with Crippen molar-refractivity contribution in [1.82, 2.24) is 15.1 Å². The fourth-order valence-corrected chi connectivity index (χ4v) is 3.68. The highest BCUT2D eigenvalue weighted by atomic mass is 16.5. The molecule has 1 saturated heterocycles. The lowest BCUT2D eigenvalue weighted by Gasteiger charge is -2.39. The zero-order valence-corrected chi connectivity index (χ0v) is 14.4. The van der Waals surface area contributed by atoms with E-state index in [1.165, 1.54) is 0 Å². The highest BCUT2D eigenvalue weighted by molar-refractivity contribution is 5.94. The molecule has 0 aromatic carbocycles. The maximum Gasteiger partial charge on any atom is 0.275 e. The predicted molar refractivity (Wildman–Crippen MR) is 87.7 cm³/mol. The van der Waals surface area contributed by atoms with Crippen molar-refractivity contribution in [1.29, 1.82) is 0 Å². The van der Waals surface area contributed by atoms with Gasteiger partial charge in [-0.1, -0.05) is 13.8 Å².